The summed E-state index contributed by atoms with van der Waals surface area (Å²) in [6, 6.07) is 18.2. The van der Waals surface area contributed by atoms with Gasteiger partial charge in [-0.05, 0) is 48.9 Å². The van der Waals surface area contributed by atoms with Gasteiger partial charge in [-0.15, -0.1) is 0 Å². The highest BCUT2D eigenvalue weighted by atomic mass is 19.1. The maximum absolute atomic E-state index is 13.1. The van der Waals surface area contributed by atoms with E-state index in [-0.39, 0.29) is 5.82 Å². The molecule has 0 saturated heterocycles. The number of aromatic nitrogens is 3. The second kappa shape index (κ2) is 5.81. The lowest BCUT2D eigenvalue weighted by atomic mass is 10.0. The van der Waals surface area contributed by atoms with Crippen molar-refractivity contribution in [3.63, 3.8) is 0 Å². The molecule has 0 aliphatic heterocycles. The Morgan fingerprint density at radius 2 is 1.62 bits per heavy atom. The van der Waals surface area contributed by atoms with Gasteiger partial charge in [-0.2, -0.15) is 0 Å². The van der Waals surface area contributed by atoms with Gasteiger partial charge in [0, 0.05) is 11.1 Å². The van der Waals surface area contributed by atoms with Crippen LogP contribution in [0.5, 0.6) is 0 Å². The summed E-state index contributed by atoms with van der Waals surface area (Å²) in [6.07, 6.45) is 1.56. The molecular weight excluding hydrogens is 301 g/mol. The van der Waals surface area contributed by atoms with E-state index < -0.39 is 0 Å². The number of nitrogens with zero attached hydrogens (tertiary/aromatic N) is 3. The van der Waals surface area contributed by atoms with E-state index >= 15 is 0 Å². The predicted octanol–water partition coefficient (Wildman–Crippen LogP) is 4.81. The summed E-state index contributed by atoms with van der Waals surface area (Å²) in [6.45, 7) is 2.05. The third kappa shape index (κ3) is 2.52. The highest BCUT2D eigenvalue weighted by Gasteiger charge is 2.11. The van der Waals surface area contributed by atoms with Crippen molar-refractivity contribution in [3.05, 3.63) is 78.4 Å². The normalized spacial score (nSPS) is 10.9. The van der Waals surface area contributed by atoms with Crippen LogP contribution in [-0.2, 0) is 0 Å². The van der Waals surface area contributed by atoms with Gasteiger partial charge in [0.05, 0.1) is 11.2 Å². The van der Waals surface area contributed by atoms with Crippen LogP contribution in [0.4, 0.5) is 4.39 Å². The number of rotatable bonds is 2. The van der Waals surface area contributed by atoms with Crippen LogP contribution in [0.25, 0.3) is 33.5 Å². The van der Waals surface area contributed by atoms with E-state index in [2.05, 4.69) is 9.97 Å². The Morgan fingerprint density at radius 1 is 0.833 bits per heavy atom. The zero-order chi connectivity index (χ0) is 16.5. The van der Waals surface area contributed by atoms with Crippen molar-refractivity contribution >= 4 is 11.0 Å². The van der Waals surface area contributed by atoms with Crippen LogP contribution in [0.15, 0.2) is 67.0 Å². The number of aryl methyl sites for hydroxylation is 1. The quantitative estimate of drug-likeness (QED) is 0.533. The Bertz CT molecular complexity index is 1030. The molecule has 3 nitrogen and oxygen atoms in total. The van der Waals surface area contributed by atoms with Crippen molar-refractivity contribution in [2.24, 2.45) is 0 Å². The summed E-state index contributed by atoms with van der Waals surface area (Å²) in [7, 11) is 0. The molecule has 24 heavy (non-hydrogen) atoms. The van der Waals surface area contributed by atoms with Gasteiger partial charge in [0.25, 0.3) is 0 Å². The topological polar surface area (TPSA) is 38.7 Å². The molecule has 0 radical (unpaired) electrons. The van der Waals surface area contributed by atoms with Crippen LogP contribution < -0.4 is 0 Å². The average molecular weight is 315 g/mol. The van der Waals surface area contributed by atoms with Crippen molar-refractivity contribution in [3.8, 4) is 22.5 Å². The molecule has 2 aromatic carbocycles. The van der Waals surface area contributed by atoms with Gasteiger partial charge in [0.2, 0.25) is 0 Å². The predicted molar refractivity (Wildman–Crippen MR) is 92.9 cm³/mol. The molecule has 0 amide bonds. The third-order valence-corrected chi connectivity index (χ3v) is 4.02. The fourth-order valence-corrected chi connectivity index (χ4v) is 2.76. The third-order valence-electron chi connectivity index (χ3n) is 4.02. The molecule has 4 aromatic rings. The van der Waals surface area contributed by atoms with Gasteiger partial charge < -0.3 is 0 Å². The zero-order valence-electron chi connectivity index (χ0n) is 13.1. The number of fused-ring (bicyclic) bond motifs is 1. The Hall–Kier alpha value is -3.14. The lowest BCUT2D eigenvalue weighted by molar-refractivity contribution is 0.628. The summed E-state index contributed by atoms with van der Waals surface area (Å²) in [4.78, 5) is 13.5. The molecule has 0 N–H and O–H groups in total. The molecule has 2 heterocycles. The number of hydrogen-bond acceptors (Lipinski definition) is 3. The van der Waals surface area contributed by atoms with E-state index in [0.717, 1.165) is 39.1 Å². The van der Waals surface area contributed by atoms with E-state index in [1.54, 1.807) is 18.5 Å². The summed E-state index contributed by atoms with van der Waals surface area (Å²) >= 11 is 0. The zero-order valence-corrected chi connectivity index (χ0v) is 13.1. The van der Waals surface area contributed by atoms with Gasteiger partial charge >= 0.3 is 0 Å². The number of hydrogen-bond donors (Lipinski definition) is 0. The van der Waals surface area contributed by atoms with E-state index in [1.807, 2.05) is 43.3 Å². The highest BCUT2D eigenvalue weighted by Crippen LogP contribution is 2.28. The van der Waals surface area contributed by atoms with Crippen molar-refractivity contribution in [2.75, 3.05) is 0 Å². The second-order valence-corrected chi connectivity index (χ2v) is 5.61. The number of pyridine rings is 1. The van der Waals surface area contributed by atoms with E-state index in [9.17, 15) is 4.39 Å². The largest absolute Gasteiger partial charge is 0.244 e. The Kier molecular flexibility index (Phi) is 3.50. The first-order valence-corrected chi connectivity index (χ1v) is 7.66. The molecule has 0 spiro atoms. The van der Waals surface area contributed by atoms with Gasteiger partial charge in [0.1, 0.15) is 23.4 Å². The molecule has 4 rings (SSSR count). The van der Waals surface area contributed by atoms with Crippen molar-refractivity contribution in [1.82, 2.24) is 15.0 Å². The molecule has 0 fully saturated rings. The molecule has 4 heteroatoms. The van der Waals surface area contributed by atoms with Crippen LogP contribution >= 0.6 is 0 Å². The molecule has 0 atom stereocenters. The van der Waals surface area contributed by atoms with Gasteiger partial charge in [-0.1, -0.05) is 24.3 Å². The van der Waals surface area contributed by atoms with E-state index in [1.165, 1.54) is 12.1 Å². The monoisotopic (exact) mass is 315 g/mol. The summed E-state index contributed by atoms with van der Waals surface area (Å²) in [5.74, 6) is -0.261. The van der Waals surface area contributed by atoms with E-state index in [4.69, 9.17) is 4.98 Å². The fourth-order valence-electron chi connectivity index (χ4n) is 2.76. The highest BCUT2D eigenvalue weighted by molar-refractivity contribution is 5.90. The minimum Gasteiger partial charge on any atom is -0.244 e. The van der Waals surface area contributed by atoms with Crippen LogP contribution in [0, 0.1) is 12.7 Å². The first kappa shape index (κ1) is 14.5. The van der Waals surface area contributed by atoms with Crippen LogP contribution in [0.3, 0.4) is 0 Å². The minimum absolute atomic E-state index is 0.261. The molecular formula is C20H14FN3. The molecule has 2 aromatic heterocycles. The molecule has 0 unspecified atom stereocenters. The summed E-state index contributed by atoms with van der Waals surface area (Å²) < 4.78 is 13.1. The van der Waals surface area contributed by atoms with Gasteiger partial charge in [-0.25, -0.2) is 19.3 Å². The number of halogens is 1. The molecule has 0 bridgehead atoms. The maximum Gasteiger partial charge on any atom is 0.123 e. The number of benzene rings is 2. The minimum atomic E-state index is -0.261. The first-order chi connectivity index (χ1) is 11.7. The summed E-state index contributed by atoms with van der Waals surface area (Å²) in [5, 5.41) is 0. The summed E-state index contributed by atoms with van der Waals surface area (Å²) in [5.41, 5.74) is 6.13. The molecule has 0 aliphatic carbocycles. The first-order valence-electron chi connectivity index (χ1n) is 7.66. The van der Waals surface area contributed by atoms with Crippen molar-refractivity contribution < 1.29 is 4.39 Å². The lowest BCUT2D eigenvalue weighted by Gasteiger charge is -2.09. The fraction of sp³-hybridized carbons (Fsp3) is 0.0500. The average Bonchev–Trinajstić information content (AvgIpc) is 2.62. The second-order valence-electron chi connectivity index (χ2n) is 5.61. The molecule has 0 aliphatic rings. The maximum atomic E-state index is 13.1. The SMILES string of the molecule is Cc1ccccc1-c1ncnc2ccc(-c3ccc(F)cc3)nc12. The standard InChI is InChI=1S/C20H14FN3/c1-13-4-2-3-5-16(13)19-20-18(22-12-23-19)11-10-17(24-20)14-6-8-15(21)9-7-14/h2-12H,1H3. The lowest BCUT2D eigenvalue weighted by Crippen LogP contribution is -1.95. The molecule has 0 saturated carbocycles. The smallest absolute Gasteiger partial charge is 0.123 e. The Balaban J connectivity index is 1.94. The van der Waals surface area contributed by atoms with E-state index in [0.29, 0.717) is 0 Å². The van der Waals surface area contributed by atoms with Crippen LogP contribution in [0.2, 0.25) is 0 Å². The van der Waals surface area contributed by atoms with Crippen LogP contribution in [0.1, 0.15) is 5.56 Å². The Morgan fingerprint density at radius 3 is 2.42 bits per heavy atom. The van der Waals surface area contributed by atoms with Crippen LogP contribution in [-0.4, -0.2) is 15.0 Å². The Labute approximate surface area is 138 Å². The van der Waals surface area contributed by atoms with Crippen molar-refractivity contribution in [1.29, 1.82) is 0 Å². The molecule has 116 valence electrons. The van der Waals surface area contributed by atoms with Gasteiger partial charge in [0.15, 0.2) is 0 Å². The van der Waals surface area contributed by atoms with Crippen molar-refractivity contribution in [2.45, 2.75) is 6.92 Å². The van der Waals surface area contributed by atoms with Gasteiger partial charge in [-0.3, -0.25) is 0 Å².